The molecule has 1 fully saturated rings. The first-order valence-electron chi connectivity index (χ1n) is 9.10. The van der Waals surface area contributed by atoms with E-state index < -0.39 is 0 Å². The first kappa shape index (κ1) is 16.1. The van der Waals surface area contributed by atoms with Crippen LogP contribution in [0.5, 0.6) is 0 Å². The summed E-state index contributed by atoms with van der Waals surface area (Å²) >= 11 is 0. The monoisotopic (exact) mass is 312 g/mol. The molecule has 0 radical (unpaired) electrons. The molecule has 0 atom stereocenters. The zero-order chi connectivity index (χ0) is 16.1. The first-order chi connectivity index (χ1) is 11.3. The average molecular weight is 312 g/mol. The largest absolute Gasteiger partial charge is 0.360 e. The molecule has 0 saturated heterocycles. The van der Waals surface area contributed by atoms with E-state index in [0.717, 1.165) is 40.9 Å². The minimum atomic E-state index is 0.0476. The van der Waals surface area contributed by atoms with Crippen LogP contribution in [-0.2, 0) is 0 Å². The molecule has 0 aliphatic heterocycles. The van der Waals surface area contributed by atoms with Gasteiger partial charge in [-0.2, -0.15) is 0 Å². The lowest BCUT2D eigenvalue weighted by Crippen LogP contribution is -2.24. The van der Waals surface area contributed by atoms with Gasteiger partial charge >= 0.3 is 0 Å². The van der Waals surface area contributed by atoms with Crippen LogP contribution in [0.3, 0.4) is 0 Å². The fraction of sp³-hybridized carbons (Fsp3) is 0.550. The van der Waals surface area contributed by atoms with Crippen molar-refractivity contribution < 1.29 is 4.79 Å². The normalized spacial score (nSPS) is 16.4. The minimum absolute atomic E-state index is 0.0476. The molecule has 0 unspecified atom stereocenters. The van der Waals surface area contributed by atoms with Gasteiger partial charge in [-0.1, -0.05) is 50.7 Å². The van der Waals surface area contributed by atoms with E-state index in [0.29, 0.717) is 0 Å². The van der Waals surface area contributed by atoms with Crippen LogP contribution in [0.25, 0.3) is 10.9 Å². The molecular weight excluding hydrogens is 284 g/mol. The first-order valence-corrected chi connectivity index (χ1v) is 9.10. The summed E-state index contributed by atoms with van der Waals surface area (Å²) in [6.45, 7) is 2.84. The summed E-state index contributed by atoms with van der Waals surface area (Å²) in [5, 5.41) is 4.15. The van der Waals surface area contributed by atoms with Crippen molar-refractivity contribution in [2.24, 2.45) is 5.92 Å². The van der Waals surface area contributed by atoms with Crippen LogP contribution in [0, 0.1) is 12.8 Å². The van der Waals surface area contributed by atoms with Gasteiger partial charge < -0.3 is 10.3 Å². The number of amides is 1. The van der Waals surface area contributed by atoms with E-state index in [4.69, 9.17) is 0 Å². The molecule has 23 heavy (non-hydrogen) atoms. The molecule has 1 saturated carbocycles. The molecule has 1 aromatic carbocycles. The Morgan fingerprint density at radius 1 is 1.22 bits per heavy atom. The number of hydrogen-bond donors (Lipinski definition) is 2. The lowest BCUT2D eigenvalue weighted by molar-refractivity contribution is 0.0954. The zero-order valence-electron chi connectivity index (χ0n) is 14.2. The molecule has 1 aliphatic carbocycles. The lowest BCUT2D eigenvalue weighted by atomic mass is 9.95. The summed E-state index contributed by atoms with van der Waals surface area (Å²) < 4.78 is 0. The van der Waals surface area contributed by atoms with Gasteiger partial charge in [0.25, 0.3) is 5.91 Å². The van der Waals surface area contributed by atoms with Gasteiger partial charge in [0.2, 0.25) is 0 Å². The van der Waals surface area contributed by atoms with Crippen molar-refractivity contribution in [1.82, 2.24) is 10.3 Å². The van der Waals surface area contributed by atoms with E-state index in [1.54, 1.807) is 0 Å². The smallest absolute Gasteiger partial charge is 0.253 e. The fourth-order valence-electron chi connectivity index (χ4n) is 3.89. The van der Waals surface area contributed by atoms with Crippen LogP contribution >= 0.6 is 0 Å². The second kappa shape index (κ2) is 7.67. The number of benzene rings is 1. The second-order valence-electron chi connectivity index (χ2n) is 6.96. The molecule has 3 nitrogen and oxygen atoms in total. The molecule has 124 valence electrons. The number of aromatic nitrogens is 1. The van der Waals surface area contributed by atoms with Crippen LogP contribution in [0.4, 0.5) is 0 Å². The SMILES string of the molecule is Cc1cccc2[nH]cc(C(=O)NCCCC3CCCCCC3)c12. The fourth-order valence-corrected chi connectivity index (χ4v) is 3.89. The Morgan fingerprint density at radius 2 is 2.00 bits per heavy atom. The molecule has 0 bridgehead atoms. The van der Waals surface area contributed by atoms with Crippen LogP contribution < -0.4 is 5.32 Å². The van der Waals surface area contributed by atoms with Gasteiger partial charge in [-0.05, 0) is 37.3 Å². The Balaban J connectivity index is 1.51. The van der Waals surface area contributed by atoms with E-state index >= 15 is 0 Å². The Labute approximate surface area is 138 Å². The van der Waals surface area contributed by atoms with E-state index in [2.05, 4.69) is 23.3 Å². The van der Waals surface area contributed by atoms with E-state index in [1.165, 1.54) is 44.9 Å². The molecule has 1 aliphatic rings. The number of aromatic amines is 1. The van der Waals surface area contributed by atoms with Crippen molar-refractivity contribution in [3.8, 4) is 0 Å². The summed E-state index contributed by atoms with van der Waals surface area (Å²) in [6, 6.07) is 6.09. The third-order valence-corrected chi connectivity index (χ3v) is 5.21. The van der Waals surface area contributed by atoms with Gasteiger partial charge in [0.15, 0.2) is 0 Å². The maximum atomic E-state index is 12.4. The molecule has 1 heterocycles. The molecule has 1 amide bonds. The maximum Gasteiger partial charge on any atom is 0.253 e. The molecule has 1 aromatic heterocycles. The lowest BCUT2D eigenvalue weighted by Gasteiger charge is -2.13. The summed E-state index contributed by atoms with van der Waals surface area (Å²) in [5.41, 5.74) is 2.95. The van der Waals surface area contributed by atoms with E-state index in [9.17, 15) is 4.79 Å². The highest BCUT2D eigenvalue weighted by Crippen LogP contribution is 2.26. The van der Waals surface area contributed by atoms with Crippen molar-refractivity contribution in [2.75, 3.05) is 6.54 Å². The molecule has 2 N–H and O–H groups in total. The zero-order valence-corrected chi connectivity index (χ0v) is 14.2. The summed E-state index contributed by atoms with van der Waals surface area (Å²) in [6.07, 6.45) is 12.6. The van der Waals surface area contributed by atoms with Crippen LogP contribution in [0.15, 0.2) is 24.4 Å². The molecule has 2 aromatic rings. The molecule has 3 heteroatoms. The van der Waals surface area contributed by atoms with Crippen molar-refractivity contribution in [2.45, 2.75) is 58.3 Å². The second-order valence-corrected chi connectivity index (χ2v) is 6.96. The van der Waals surface area contributed by atoms with Crippen molar-refractivity contribution in [1.29, 1.82) is 0 Å². The number of H-pyrrole nitrogens is 1. The predicted molar refractivity (Wildman–Crippen MR) is 95.8 cm³/mol. The van der Waals surface area contributed by atoms with Crippen molar-refractivity contribution >= 4 is 16.8 Å². The minimum Gasteiger partial charge on any atom is -0.360 e. The van der Waals surface area contributed by atoms with Gasteiger partial charge in [0.1, 0.15) is 0 Å². The maximum absolute atomic E-state index is 12.4. The number of carbonyl (C=O) groups is 1. The van der Waals surface area contributed by atoms with Crippen LogP contribution in [-0.4, -0.2) is 17.4 Å². The molecular formula is C20H28N2O. The Kier molecular flexibility index (Phi) is 5.37. The van der Waals surface area contributed by atoms with Gasteiger partial charge in [-0.15, -0.1) is 0 Å². The molecule has 3 rings (SSSR count). The highest BCUT2D eigenvalue weighted by atomic mass is 16.1. The number of nitrogens with one attached hydrogen (secondary N) is 2. The third-order valence-electron chi connectivity index (χ3n) is 5.21. The third kappa shape index (κ3) is 3.95. The van der Waals surface area contributed by atoms with Crippen molar-refractivity contribution in [3.63, 3.8) is 0 Å². The summed E-state index contributed by atoms with van der Waals surface area (Å²) in [7, 11) is 0. The summed E-state index contributed by atoms with van der Waals surface area (Å²) in [5.74, 6) is 0.927. The number of fused-ring (bicyclic) bond motifs is 1. The number of aryl methyl sites for hydroxylation is 1. The Morgan fingerprint density at radius 3 is 2.78 bits per heavy atom. The quantitative estimate of drug-likeness (QED) is 0.595. The highest BCUT2D eigenvalue weighted by Gasteiger charge is 2.14. The Hall–Kier alpha value is -1.77. The van der Waals surface area contributed by atoms with Gasteiger partial charge in [0, 0.05) is 23.6 Å². The van der Waals surface area contributed by atoms with Crippen LogP contribution in [0.2, 0.25) is 0 Å². The number of carbonyl (C=O) groups excluding carboxylic acids is 1. The number of hydrogen-bond acceptors (Lipinski definition) is 1. The summed E-state index contributed by atoms with van der Waals surface area (Å²) in [4.78, 5) is 15.6. The van der Waals surface area contributed by atoms with Gasteiger partial charge in [-0.3, -0.25) is 4.79 Å². The number of rotatable bonds is 5. The average Bonchev–Trinajstić information content (AvgIpc) is 2.82. The predicted octanol–water partition coefficient (Wildman–Crippen LogP) is 4.96. The van der Waals surface area contributed by atoms with E-state index in [1.807, 2.05) is 18.3 Å². The van der Waals surface area contributed by atoms with Crippen LogP contribution in [0.1, 0.15) is 67.3 Å². The molecule has 0 spiro atoms. The van der Waals surface area contributed by atoms with Gasteiger partial charge in [0.05, 0.1) is 5.56 Å². The van der Waals surface area contributed by atoms with E-state index in [-0.39, 0.29) is 5.91 Å². The van der Waals surface area contributed by atoms with Gasteiger partial charge in [-0.25, -0.2) is 0 Å². The van der Waals surface area contributed by atoms with Crippen molar-refractivity contribution in [3.05, 3.63) is 35.5 Å². The topological polar surface area (TPSA) is 44.9 Å². The standard InChI is InChI=1S/C20H28N2O/c1-15-8-6-12-18-19(15)17(14-22-18)20(23)21-13-7-11-16-9-4-2-3-5-10-16/h6,8,12,14,16,22H,2-5,7,9-11,13H2,1H3,(H,21,23). The Bertz CT molecular complexity index is 651. The highest BCUT2D eigenvalue weighted by molar-refractivity contribution is 6.07.